The fraction of sp³-hybridized carbons (Fsp3) is 0.460. The molecule has 0 aliphatic carbocycles. The van der Waals surface area contributed by atoms with E-state index in [2.05, 4.69) is 36.9 Å². The summed E-state index contributed by atoms with van der Waals surface area (Å²) >= 11 is 0. The van der Waals surface area contributed by atoms with E-state index in [4.69, 9.17) is 11.5 Å². The minimum atomic E-state index is -1.55. The largest absolute Gasteiger partial charge is 0.394 e. The van der Waals surface area contributed by atoms with Gasteiger partial charge in [-0.3, -0.25) is 33.6 Å². The summed E-state index contributed by atoms with van der Waals surface area (Å²) in [7, 11) is 2.16. The van der Waals surface area contributed by atoms with Crippen LogP contribution in [0.15, 0.2) is 91.1 Å². The molecule has 6 amide bonds. The van der Waals surface area contributed by atoms with Gasteiger partial charge in [-0.1, -0.05) is 100 Å². The van der Waals surface area contributed by atoms with E-state index in [1.165, 1.54) is 13.8 Å². The van der Waals surface area contributed by atoms with E-state index in [1.54, 1.807) is 48.7 Å². The second-order valence-electron chi connectivity index (χ2n) is 17.8. The average Bonchev–Trinajstić information content (AvgIpc) is 3.76. The van der Waals surface area contributed by atoms with E-state index in [1.807, 2.05) is 42.5 Å². The lowest BCUT2D eigenvalue weighted by molar-refractivity contribution is -0.136. The number of unbranched alkanes of at least 4 members (excludes halogenated alkanes) is 1. The quantitative estimate of drug-likeness (QED) is 0.0500. The van der Waals surface area contributed by atoms with Crippen molar-refractivity contribution in [2.75, 3.05) is 24.7 Å². The molecule has 384 valence electrons. The number of aromatic amines is 1. The normalized spacial score (nSPS) is 22.9. The molecule has 1 aliphatic rings. The minimum Gasteiger partial charge on any atom is -0.394 e. The molecule has 1 saturated heterocycles. The minimum absolute atomic E-state index is 0.0348. The maximum absolute atomic E-state index is 14.7. The molecule has 0 saturated carbocycles. The van der Waals surface area contributed by atoms with E-state index in [0.29, 0.717) is 24.0 Å². The number of amides is 6. The number of nitrogens with two attached hydrogens (primary N) is 2. The number of aliphatic hydroxyl groups is 3. The topological polar surface area (TPSA) is 320 Å². The monoisotopic (exact) mass is 1020 g/mol. The number of nitrogens with one attached hydrogen (secondary N) is 7. The first-order valence-corrected chi connectivity index (χ1v) is 26.2. The van der Waals surface area contributed by atoms with E-state index < -0.39 is 115 Å². The molecule has 0 spiro atoms. The predicted molar refractivity (Wildman–Crippen MR) is 273 cm³/mol. The third kappa shape index (κ3) is 17.2. The van der Waals surface area contributed by atoms with Crippen LogP contribution in [-0.4, -0.2) is 141 Å². The summed E-state index contributed by atoms with van der Waals surface area (Å²) in [6.45, 7) is 2.32. The van der Waals surface area contributed by atoms with Gasteiger partial charge < -0.3 is 63.7 Å². The van der Waals surface area contributed by atoms with Crippen LogP contribution in [0.1, 0.15) is 56.2 Å². The average molecular weight is 1020 g/mol. The molecule has 1 fully saturated rings. The van der Waals surface area contributed by atoms with Gasteiger partial charge in [0, 0.05) is 47.9 Å². The van der Waals surface area contributed by atoms with Crippen LogP contribution in [0.5, 0.6) is 0 Å². The molecule has 3 aromatic carbocycles. The first-order chi connectivity index (χ1) is 34.1. The Morgan fingerprint density at radius 2 is 1.34 bits per heavy atom. The Morgan fingerprint density at radius 1 is 0.746 bits per heavy atom. The molecule has 2 heterocycles. The van der Waals surface area contributed by atoms with Gasteiger partial charge in [-0.25, -0.2) is 0 Å². The second-order valence-corrected chi connectivity index (χ2v) is 20.3. The Hall–Kier alpha value is -5.81. The molecule has 4 aromatic rings. The van der Waals surface area contributed by atoms with Crippen molar-refractivity contribution in [3.8, 4) is 0 Å². The number of carbonyl (C=O) groups is 7. The van der Waals surface area contributed by atoms with Crippen LogP contribution in [0.3, 0.4) is 0 Å². The highest BCUT2D eigenvalue weighted by atomic mass is 33.1. The maximum atomic E-state index is 14.7. The van der Waals surface area contributed by atoms with Gasteiger partial charge in [0.1, 0.15) is 30.2 Å². The third-order valence-electron chi connectivity index (χ3n) is 12.1. The number of aromatic nitrogens is 1. The molecule has 5 rings (SSSR count). The number of H-pyrrole nitrogens is 1. The fourth-order valence-electron chi connectivity index (χ4n) is 7.98. The van der Waals surface area contributed by atoms with Crippen molar-refractivity contribution in [3.63, 3.8) is 0 Å². The number of ketones is 1. The summed E-state index contributed by atoms with van der Waals surface area (Å²) in [5.74, 6) is -6.58. The molecule has 2 unspecified atom stereocenters. The van der Waals surface area contributed by atoms with Crippen LogP contribution in [0.25, 0.3) is 10.9 Å². The van der Waals surface area contributed by atoms with E-state index in [-0.39, 0.29) is 43.7 Å². The highest BCUT2D eigenvalue weighted by molar-refractivity contribution is 8.76. The number of aliphatic hydroxyl groups excluding tert-OH is 3. The van der Waals surface area contributed by atoms with Gasteiger partial charge >= 0.3 is 0 Å². The van der Waals surface area contributed by atoms with Crippen LogP contribution in [-0.2, 0) is 52.8 Å². The van der Waals surface area contributed by atoms with E-state index in [9.17, 15) is 48.9 Å². The first kappa shape index (κ1) is 56.1. The highest BCUT2D eigenvalue weighted by Crippen LogP contribution is 2.28. The molecule has 0 radical (unpaired) electrons. The van der Waals surface area contributed by atoms with Crippen molar-refractivity contribution >= 4 is 73.7 Å². The molecule has 21 heteroatoms. The molecule has 14 N–H and O–H groups in total. The van der Waals surface area contributed by atoms with Crippen molar-refractivity contribution < 1.29 is 48.9 Å². The molecule has 1 aromatic heterocycles. The van der Waals surface area contributed by atoms with Gasteiger partial charge in [0.2, 0.25) is 35.4 Å². The molecule has 19 nitrogen and oxygen atoms in total. The zero-order valence-corrected chi connectivity index (χ0v) is 41.5. The highest BCUT2D eigenvalue weighted by Gasteiger charge is 2.36. The second kappa shape index (κ2) is 28.3. The number of hydrogen-bond donors (Lipinski definition) is 12. The van der Waals surface area contributed by atoms with Gasteiger partial charge in [0.05, 0.1) is 36.8 Å². The van der Waals surface area contributed by atoms with Gasteiger partial charge in [0.25, 0.3) is 0 Å². The van der Waals surface area contributed by atoms with E-state index in [0.717, 1.165) is 38.1 Å². The summed E-state index contributed by atoms with van der Waals surface area (Å²) in [4.78, 5) is 103. The molecule has 0 bridgehead atoms. The summed E-state index contributed by atoms with van der Waals surface area (Å²) in [5.41, 5.74) is 15.0. The SMILES string of the molecule is C[C@@H](O)C(CO)NC(=O)[C@@H]1CSSC[C@H](NC(=O)[C@H](N)Cc2ccccc2)C(=O)N[C@@H](Cc2ccccc2)C(=O)N[C@H](Cc2c[nH]c3ccccc23)C(=O)N[C@@H](CCCCN)C(=O)NC([C@@H](C)O)C(=O)C1. The molecule has 1 aliphatic heterocycles. The van der Waals surface area contributed by atoms with Gasteiger partial charge in [-0.05, 0) is 68.8 Å². The van der Waals surface area contributed by atoms with Crippen molar-refractivity contribution in [3.05, 3.63) is 108 Å². The Labute approximate surface area is 421 Å². The van der Waals surface area contributed by atoms with Gasteiger partial charge in [-0.15, -0.1) is 0 Å². The standard InChI is InChI=1S/C50H67N9O10S2/c1-29(61)41(26-60)57-45(64)34-24-43(63)44(30(2)62)59-47(66)38(19-11-12-20-51)54-49(68)40(23-33-25-53-37-18-10-9-17-35(33)37)56-48(67)39(22-32-15-7-4-8-16-32)55-50(69)42(28-71-70-27-34)58-46(65)36(52)21-31-13-5-3-6-14-31/h3-10,13-18,25,29-30,34,36,38-42,44,53,60-62H,11-12,19-24,26-28,51-52H2,1-2H3,(H,54,68)(H,55,69)(H,56,67)(H,57,64)(H,58,65)(H,59,66)/t29-,30-,34+,36-,38+,39+,40-,41?,42+,44?/m1/s1. The zero-order chi connectivity index (χ0) is 51.5. The number of Topliss-reactive ketones (excluding diaryl/α,β-unsaturated/α-hetero) is 1. The Kier molecular flexibility index (Phi) is 22.4. The van der Waals surface area contributed by atoms with Crippen LogP contribution < -0.4 is 43.4 Å². The summed E-state index contributed by atoms with van der Waals surface area (Å²) in [6.07, 6.45) is -0.506. The number of hydrogen-bond acceptors (Lipinski definition) is 14. The zero-order valence-electron chi connectivity index (χ0n) is 39.9. The van der Waals surface area contributed by atoms with Crippen molar-refractivity contribution in [2.45, 2.75) is 113 Å². The van der Waals surface area contributed by atoms with Gasteiger partial charge in [-0.2, -0.15) is 0 Å². The summed E-state index contributed by atoms with van der Waals surface area (Å²) < 4.78 is 0. The molecule has 71 heavy (non-hydrogen) atoms. The Balaban J connectivity index is 1.56. The number of para-hydroxylation sites is 1. The van der Waals surface area contributed by atoms with Crippen molar-refractivity contribution in [1.82, 2.24) is 36.9 Å². The number of carbonyl (C=O) groups excluding carboxylic acids is 7. The lowest BCUT2D eigenvalue weighted by Gasteiger charge is -2.29. The molecular formula is C50H67N9O10S2. The number of rotatable bonds is 17. The van der Waals surface area contributed by atoms with Gasteiger partial charge in [0.15, 0.2) is 5.78 Å². The summed E-state index contributed by atoms with van der Waals surface area (Å²) in [6, 6.07) is 16.3. The number of benzene rings is 3. The maximum Gasteiger partial charge on any atom is 0.244 e. The molecule has 10 atom stereocenters. The van der Waals surface area contributed by atoms with Crippen molar-refractivity contribution in [1.29, 1.82) is 0 Å². The van der Waals surface area contributed by atoms with E-state index >= 15 is 0 Å². The van der Waals surface area contributed by atoms with Crippen molar-refractivity contribution in [2.24, 2.45) is 17.4 Å². The predicted octanol–water partition coefficient (Wildman–Crippen LogP) is 0.285. The van der Waals surface area contributed by atoms with Crippen LogP contribution in [0.4, 0.5) is 0 Å². The Morgan fingerprint density at radius 3 is 1.99 bits per heavy atom. The number of fused-ring (bicyclic) bond motifs is 1. The lowest BCUT2D eigenvalue weighted by Crippen LogP contribution is -2.60. The smallest absolute Gasteiger partial charge is 0.244 e. The van der Waals surface area contributed by atoms with Crippen LogP contribution in [0, 0.1) is 5.92 Å². The third-order valence-corrected chi connectivity index (χ3v) is 14.6. The first-order valence-electron chi connectivity index (χ1n) is 23.7. The summed E-state index contributed by atoms with van der Waals surface area (Å²) in [5, 5.41) is 48.2. The lowest BCUT2D eigenvalue weighted by atomic mass is 9.95. The Bertz CT molecular complexity index is 2390. The van der Waals surface area contributed by atoms with Crippen LogP contribution >= 0.6 is 21.6 Å². The fourth-order valence-corrected chi connectivity index (χ4v) is 10.5. The van der Waals surface area contributed by atoms with Crippen LogP contribution in [0.2, 0.25) is 0 Å². The molecular weight excluding hydrogens is 951 g/mol.